The Kier molecular flexibility index (Phi) is 6.70. The highest BCUT2D eigenvalue weighted by Gasteiger charge is 2.07. The van der Waals surface area contributed by atoms with Crippen LogP contribution >= 0.6 is 0 Å². The summed E-state index contributed by atoms with van der Waals surface area (Å²) in [7, 11) is 0. The molecule has 0 radical (unpaired) electrons. The maximum Gasteiger partial charge on any atom is 0.308 e. The molecule has 0 bridgehead atoms. The molecule has 0 heterocycles. The van der Waals surface area contributed by atoms with Gasteiger partial charge in [0.05, 0.1) is 0 Å². The first kappa shape index (κ1) is 11.4. The molecule has 12 heavy (non-hydrogen) atoms. The van der Waals surface area contributed by atoms with Crippen molar-refractivity contribution in [2.24, 2.45) is 0 Å². The quantitative estimate of drug-likeness (QED) is 0.221. The number of rotatable bonds is 6. The minimum Gasteiger partial charge on any atom is -0.433 e. The Balaban J connectivity index is 3.33. The molecule has 0 aliphatic rings. The van der Waals surface area contributed by atoms with Gasteiger partial charge >= 0.3 is 5.97 Å². The number of hydrogen-bond acceptors (Lipinski definition) is 4. The summed E-state index contributed by atoms with van der Waals surface area (Å²) < 4.78 is 4.63. The summed E-state index contributed by atoms with van der Waals surface area (Å²) in [4.78, 5) is 14.7. The fourth-order valence-electron chi connectivity index (χ4n) is 0.785. The van der Waals surface area contributed by atoms with Crippen LogP contribution in [0.5, 0.6) is 0 Å². The highest BCUT2D eigenvalue weighted by Crippen LogP contribution is 2.02. The van der Waals surface area contributed by atoms with Gasteiger partial charge in [-0.05, 0) is 6.42 Å². The second kappa shape index (κ2) is 7.06. The summed E-state index contributed by atoms with van der Waals surface area (Å²) in [6.07, 6.45) is 2.44. The van der Waals surface area contributed by atoms with Crippen molar-refractivity contribution >= 4 is 5.97 Å². The molecule has 0 amide bonds. The van der Waals surface area contributed by atoms with Crippen molar-refractivity contribution in [3.8, 4) is 0 Å². The molecular weight excluding hydrogens is 160 g/mol. The van der Waals surface area contributed by atoms with E-state index in [2.05, 4.69) is 16.5 Å². The van der Waals surface area contributed by atoms with Gasteiger partial charge in [-0.15, -0.1) is 0 Å². The largest absolute Gasteiger partial charge is 0.433 e. The van der Waals surface area contributed by atoms with E-state index in [0.29, 0.717) is 6.42 Å². The molecule has 4 heteroatoms. The maximum absolute atomic E-state index is 10.9. The average Bonchev–Trinajstić information content (AvgIpc) is 2.05. The molecule has 0 saturated carbocycles. The number of carbonyl (C=O) groups excluding carboxylic acids is 1. The van der Waals surface area contributed by atoms with Gasteiger partial charge in [0.2, 0.25) is 6.29 Å². The van der Waals surface area contributed by atoms with Crippen LogP contribution in [0.1, 0.15) is 39.5 Å². The summed E-state index contributed by atoms with van der Waals surface area (Å²) in [5.74, 6) is -0.329. The van der Waals surface area contributed by atoms with E-state index in [-0.39, 0.29) is 5.97 Å². The number of hydrogen-bond donors (Lipinski definition) is 1. The fourth-order valence-corrected chi connectivity index (χ4v) is 0.785. The predicted octanol–water partition coefficient (Wildman–Crippen LogP) is 1.95. The Bertz CT molecular complexity index is 124. The molecule has 0 fully saturated rings. The zero-order valence-corrected chi connectivity index (χ0v) is 7.58. The van der Waals surface area contributed by atoms with E-state index in [9.17, 15) is 4.79 Å². The molecule has 0 aromatic heterocycles. The monoisotopic (exact) mass is 176 g/mol. The van der Waals surface area contributed by atoms with Crippen LogP contribution in [0.3, 0.4) is 0 Å². The van der Waals surface area contributed by atoms with E-state index >= 15 is 0 Å². The topological polar surface area (TPSA) is 55.8 Å². The van der Waals surface area contributed by atoms with E-state index < -0.39 is 6.29 Å². The second-order valence-corrected chi connectivity index (χ2v) is 2.62. The van der Waals surface area contributed by atoms with Crippen LogP contribution in [-0.2, 0) is 14.4 Å². The summed E-state index contributed by atoms with van der Waals surface area (Å²) >= 11 is 0. The number of ether oxygens (including phenoxy) is 1. The van der Waals surface area contributed by atoms with E-state index in [4.69, 9.17) is 5.26 Å². The fraction of sp³-hybridized carbons (Fsp3) is 0.875. The second-order valence-electron chi connectivity index (χ2n) is 2.62. The van der Waals surface area contributed by atoms with Crippen molar-refractivity contribution in [1.82, 2.24) is 0 Å². The van der Waals surface area contributed by atoms with Crippen LogP contribution in [0.4, 0.5) is 0 Å². The highest BCUT2D eigenvalue weighted by molar-refractivity contribution is 5.69. The maximum atomic E-state index is 10.9. The molecule has 0 aromatic carbocycles. The van der Waals surface area contributed by atoms with Crippen molar-refractivity contribution in [2.45, 2.75) is 45.8 Å². The molecule has 0 aromatic rings. The molecule has 0 aliphatic carbocycles. The van der Waals surface area contributed by atoms with Crippen LogP contribution in [-0.4, -0.2) is 17.5 Å². The first-order valence-corrected chi connectivity index (χ1v) is 4.20. The van der Waals surface area contributed by atoms with Gasteiger partial charge in [-0.1, -0.05) is 19.8 Å². The number of carbonyl (C=O) groups is 1. The predicted molar refractivity (Wildman–Crippen MR) is 43.4 cm³/mol. The third kappa shape index (κ3) is 6.12. The van der Waals surface area contributed by atoms with Gasteiger partial charge in [-0.2, -0.15) is 4.89 Å². The molecule has 0 rings (SSSR count). The normalized spacial score (nSPS) is 12.6. The van der Waals surface area contributed by atoms with Crippen molar-refractivity contribution in [3.05, 3.63) is 0 Å². The number of unbranched alkanes of at least 4 members (excludes halogenated alkanes) is 2. The highest BCUT2D eigenvalue weighted by atomic mass is 17.1. The Morgan fingerprint density at radius 3 is 2.67 bits per heavy atom. The van der Waals surface area contributed by atoms with Crippen molar-refractivity contribution < 1.29 is 19.7 Å². The number of esters is 1. The lowest BCUT2D eigenvalue weighted by atomic mass is 10.2. The van der Waals surface area contributed by atoms with Crippen LogP contribution in [0.2, 0.25) is 0 Å². The summed E-state index contributed by atoms with van der Waals surface area (Å²) in [5, 5.41) is 8.08. The molecule has 0 aliphatic heterocycles. The molecule has 0 spiro atoms. The smallest absolute Gasteiger partial charge is 0.308 e. The van der Waals surface area contributed by atoms with Gasteiger partial charge < -0.3 is 4.74 Å². The van der Waals surface area contributed by atoms with Crippen LogP contribution in [0.15, 0.2) is 0 Å². The Morgan fingerprint density at radius 1 is 1.50 bits per heavy atom. The Hall–Kier alpha value is -0.610. The average molecular weight is 176 g/mol. The van der Waals surface area contributed by atoms with Crippen molar-refractivity contribution in [2.75, 3.05) is 0 Å². The first-order valence-electron chi connectivity index (χ1n) is 4.20. The molecule has 1 unspecified atom stereocenters. The summed E-state index contributed by atoms with van der Waals surface area (Å²) in [5.41, 5.74) is 0. The molecule has 0 saturated heterocycles. The van der Waals surface area contributed by atoms with Crippen LogP contribution in [0, 0.1) is 0 Å². The Morgan fingerprint density at radius 2 is 2.17 bits per heavy atom. The zero-order valence-electron chi connectivity index (χ0n) is 7.58. The Labute approximate surface area is 72.4 Å². The van der Waals surface area contributed by atoms with Gasteiger partial charge in [-0.3, -0.25) is 4.79 Å². The van der Waals surface area contributed by atoms with Gasteiger partial charge in [0.15, 0.2) is 0 Å². The minimum atomic E-state index is -0.862. The van der Waals surface area contributed by atoms with E-state index in [0.717, 1.165) is 19.3 Å². The molecule has 1 N–H and O–H groups in total. The third-order valence-electron chi connectivity index (χ3n) is 1.43. The van der Waals surface area contributed by atoms with Gasteiger partial charge in [-0.25, -0.2) is 5.26 Å². The van der Waals surface area contributed by atoms with E-state index in [1.807, 2.05) is 0 Å². The minimum absolute atomic E-state index is 0.329. The van der Waals surface area contributed by atoms with Crippen molar-refractivity contribution in [1.29, 1.82) is 0 Å². The summed E-state index contributed by atoms with van der Waals surface area (Å²) in [6.45, 7) is 3.52. The molecule has 4 nitrogen and oxygen atoms in total. The SMILES string of the molecule is CCCCCC(=O)OC(C)OO. The lowest BCUT2D eigenvalue weighted by Gasteiger charge is -2.08. The standard InChI is InChI=1S/C8H16O4/c1-3-4-5-6-8(9)11-7(2)12-10/h7,10H,3-6H2,1-2H3. The first-order chi connectivity index (χ1) is 5.70. The lowest BCUT2D eigenvalue weighted by molar-refractivity contribution is -0.330. The molecule has 72 valence electrons. The lowest BCUT2D eigenvalue weighted by Crippen LogP contribution is -2.16. The van der Waals surface area contributed by atoms with Crippen LogP contribution in [0.25, 0.3) is 0 Å². The third-order valence-corrected chi connectivity index (χ3v) is 1.43. The van der Waals surface area contributed by atoms with E-state index in [1.54, 1.807) is 0 Å². The van der Waals surface area contributed by atoms with Crippen LogP contribution < -0.4 is 0 Å². The van der Waals surface area contributed by atoms with Gasteiger partial charge in [0.1, 0.15) is 0 Å². The molecular formula is C8H16O4. The van der Waals surface area contributed by atoms with Gasteiger partial charge in [0, 0.05) is 13.3 Å². The van der Waals surface area contributed by atoms with Crippen molar-refractivity contribution in [3.63, 3.8) is 0 Å². The zero-order chi connectivity index (χ0) is 9.40. The summed E-state index contributed by atoms with van der Waals surface area (Å²) in [6, 6.07) is 0. The van der Waals surface area contributed by atoms with Gasteiger partial charge in [0.25, 0.3) is 0 Å². The van der Waals surface area contributed by atoms with E-state index in [1.165, 1.54) is 6.92 Å². The molecule has 1 atom stereocenters.